The van der Waals surface area contributed by atoms with E-state index in [9.17, 15) is 0 Å². The number of nitrogens with zero attached hydrogens (tertiary/aromatic N) is 2. The van der Waals surface area contributed by atoms with Crippen LogP contribution in [-0.4, -0.2) is 29.7 Å². The summed E-state index contributed by atoms with van der Waals surface area (Å²) in [4.78, 5) is 8.47. The molecule has 1 unspecified atom stereocenters. The Bertz CT molecular complexity index is 339. The second-order valence-electron chi connectivity index (χ2n) is 4.50. The van der Waals surface area contributed by atoms with Crippen molar-refractivity contribution >= 4 is 0 Å². The molecule has 2 rings (SSSR count). The van der Waals surface area contributed by atoms with E-state index in [2.05, 4.69) is 22.2 Å². The van der Waals surface area contributed by atoms with Gasteiger partial charge in [0.25, 0.3) is 0 Å². The smallest absolute Gasteiger partial charge is 0.235 e. The maximum Gasteiger partial charge on any atom is 0.235 e. The minimum atomic E-state index is 0.561. The highest BCUT2D eigenvalue weighted by Gasteiger charge is 2.21. The molecule has 0 aliphatic heterocycles. The highest BCUT2D eigenvalue weighted by atomic mass is 16.5. The lowest BCUT2D eigenvalue weighted by Gasteiger charge is -2.13. The van der Waals surface area contributed by atoms with Gasteiger partial charge in [0, 0.05) is 18.4 Å². The average molecular weight is 221 g/mol. The number of ether oxygens (including phenoxy) is 1. The van der Waals surface area contributed by atoms with Crippen molar-refractivity contribution in [3.8, 4) is 5.88 Å². The Morgan fingerprint density at radius 1 is 1.44 bits per heavy atom. The van der Waals surface area contributed by atoms with E-state index in [4.69, 9.17) is 4.74 Å². The first-order valence-corrected chi connectivity index (χ1v) is 5.87. The van der Waals surface area contributed by atoms with Crippen molar-refractivity contribution in [1.29, 1.82) is 0 Å². The normalized spacial score (nSPS) is 17.1. The number of hydrogen-bond donors (Lipinski definition) is 1. The van der Waals surface area contributed by atoms with Crippen LogP contribution in [-0.2, 0) is 6.42 Å². The Labute approximate surface area is 96.4 Å². The van der Waals surface area contributed by atoms with Crippen molar-refractivity contribution in [2.75, 3.05) is 13.7 Å². The summed E-state index contributed by atoms with van der Waals surface area (Å²) < 4.78 is 5.19. The fourth-order valence-corrected chi connectivity index (χ4v) is 1.72. The summed E-state index contributed by atoms with van der Waals surface area (Å²) in [5, 5.41) is 3.53. The molecule has 1 atom stereocenters. The van der Waals surface area contributed by atoms with Gasteiger partial charge in [-0.1, -0.05) is 6.92 Å². The lowest BCUT2D eigenvalue weighted by atomic mass is 10.1. The topological polar surface area (TPSA) is 47.0 Å². The van der Waals surface area contributed by atoms with E-state index in [1.54, 1.807) is 19.5 Å². The van der Waals surface area contributed by atoms with Crippen molar-refractivity contribution in [2.45, 2.75) is 32.2 Å². The van der Waals surface area contributed by atoms with Crippen LogP contribution < -0.4 is 10.1 Å². The van der Waals surface area contributed by atoms with Gasteiger partial charge in [-0.2, -0.15) is 0 Å². The molecule has 1 fully saturated rings. The van der Waals surface area contributed by atoms with Crippen LogP contribution in [0, 0.1) is 5.92 Å². The fourth-order valence-electron chi connectivity index (χ4n) is 1.72. The van der Waals surface area contributed by atoms with Crippen LogP contribution in [0.25, 0.3) is 0 Å². The Morgan fingerprint density at radius 2 is 2.19 bits per heavy atom. The van der Waals surface area contributed by atoms with Gasteiger partial charge in [-0.25, -0.2) is 4.98 Å². The minimum Gasteiger partial charge on any atom is -0.480 e. The van der Waals surface area contributed by atoms with Gasteiger partial charge in [0.15, 0.2) is 0 Å². The summed E-state index contributed by atoms with van der Waals surface area (Å²) in [6.07, 6.45) is 6.97. The SMILES string of the molecule is COc1nccnc1CC(C)CNC1CC1. The van der Waals surface area contributed by atoms with E-state index >= 15 is 0 Å². The zero-order valence-electron chi connectivity index (χ0n) is 9.94. The van der Waals surface area contributed by atoms with Crippen molar-refractivity contribution < 1.29 is 4.74 Å². The fraction of sp³-hybridized carbons (Fsp3) is 0.667. The predicted molar refractivity (Wildman–Crippen MR) is 62.5 cm³/mol. The number of aromatic nitrogens is 2. The molecule has 0 amide bonds. The third-order valence-electron chi connectivity index (χ3n) is 2.80. The number of rotatable bonds is 6. The monoisotopic (exact) mass is 221 g/mol. The van der Waals surface area contributed by atoms with E-state index < -0.39 is 0 Å². The van der Waals surface area contributed by atoms with Gasteiger partial charge >= 0.3 is 0 Å². The van der Waals surface area contributed by atoms with Crippen LogP contribution in [0.1, 0.15) is 25.5 Å². The Kier molecular flexibility index (Phi) is 3.72. The van der Waals surface area contributed by atoms with Gasteiger partial charge in [0.2, 0.25) is 5.88 Å². The van der Waals surface area contributed by atoms with E-state index in [1.165, 1.54) is 12.8 Å². The van der Waals surface area contributed by atoms with Gasteiger partial charge in [0.1, 0.15) is 5.69 Å². The Balaban J connectivity index is 1.85. The molecule has 88 valence electrons. The molecule has 0 radical (unpaired) electrons. The zero-order valence-corrected chi connectivity index (χ0v) is 9.94. The highest BCUT2D eigenvalue weighted by Crippen LogP contribution is 2.20. The lowest BCUT2D eigenvalue weighted by Crippen LogP contribution is -2.24. The summed E-state index contributed by atoms with van der Waals surface area (Å²) >= 11 is 0. The molecule has 0 bridgehead atoms. The second-order valence-corrected chi connectivity index (χ2v) is 4.50. The van der Waals surface area contributed by atoms with Crippen LogP contribution in [0.5, 0.6) is 5.88 Å². The van der Waals surface area contributed by atoms with E-state index in [0.29, 0.717) is 11.8 Å². The maximum atomic E-state index is 5.19. The molecule has 1 aromatic heterocycles. The Morgan fingerprint density at radius 3 is 2.88 bits per heavy atom. The maximum absolute atomic E-state index is 5.19. The van der Waals surface area contributed by atoms with E-state index in [-0.39, 0.29) is 0 Å². The van der Waals surface area contributed by atoms with E-state index in [0.717, 1.165) is 24.7 Å². The molecule has 0 aromatic carbocycles. The predicted octanol–water partition coefficient (Wildman–Crippen LogP) is 1.42. The van der Waals surface area contributed by atoms with Gasteiger partial charge in [0.05, 0.1) is 7.11 Å². The lowest BCUT2D eigenvalue weighted by molar-refractivity contribution is 0.383. The summed E-state index contributed by atoms with van der Waals surface area (Å²) in [6.45, 7) is 3.27. The minimum absolute atomic E-state index is 0.561. The van der Waals surface area contributed by atoms with Crippen LogP contribution >= 0.6 is 0 Å². The summed E-state index contributed by atoms with van der Waals surface area (Å²) in [7, 11) is 1.64. The molecule has 4 nitrogen and oxygen atoms in total. The van der Waals surface area contributed by atoms with Crippen molar-refractivity contribution in [3.63, 3.8) is 0 Å². The molecule has 1 N–H and O–H groups in total. The van der Waals surface area contributed by atoms with Gasteiger partial charge in [-0.3, -0.25) is 4.98 Å². The van der Waals surface area contributed by atoms with Gasteiger partial charge < -0.3 is 10.1 Å². The largest absolute Gasteiger partial charge is 0.480 e. The summed E-state index contributed by atoms with van der Waals surface area (Å²) in [5.41, 5.74) is 0.954. The number of methoxy groups -OCH3 is 1. The first kappa shape index (κ1) is 11.3. The van der Waals surface area contributed by atoms with Crippen molar-refractivity contribution in [1.82, 2.24) is 15.3 Å². The van der Waals surface area contributed by atoms with Crippen molar-refractivity contribution in [2.24, 2.45) is 5.92 Å². The molecule has 1 aromatic rings. The Hall–Kier alpha value is -1.16. The standard InChI is InChI=1S/C12H19N3O/c1-9(8-15-10-3-4-10)7-11-12(16-2)14-6-5-13-11/h5-6,9-10,15H,3-4,7-8H2,1-2H3. The van der Waals surface area contributed by atoms with Crippen LogP contribution in [0.15, 0.2) is 12.4 Å². The van der Waals surface area contributed by atoms with Crippen LogP contribution in [0.2, 0.25) is 0 Å². The summed E-state index contributed by atoms with van der Waals surface area (Å²) in [5.74, 6) is 1.21. The third-order valence-corrected chi connectivity index (χ3v) is 2.80. The first-order valence-electron chi connectivity index (χ1n) is 5.87. The molecule has 0 spiro atoms. The average Bonchev–Trinajstić information content (AvgIpc) is 3.11. The van der Waals surface area contributed by atoms with Gasteiger partial charge in [-0.05, 0) is 31.7 Å². The molecule has 1 aliphatic carbocycles. The van der Waals surface area contributed by atoms with E-state index in [1.807, 2.05) is 0 Å². The quantitative estimate of drug-likeness (QED) is 0.789. The molecule has 16 heavy (non-hydrogen) atoms. The number of nitrogens with one attached hydrogen (secondary N) is 1. The second kappa shape index (κ2) is 5.25. The number of hydrogen-bond acceptors (Lipinski definition) is 4. The van der Waals surface area contributed by atoms with Gasteiger partial charge in [-0.15, -0.1) is 0 Å². The molecule has 1 saturated carbocycles. The molecular formula is C12H19N3O. The van der Waals surface area contributed by atoms with Crippen LogP contribution in [0.4, 0.5) is 0 Å². The molecule has 1 heterocycles. The molecular weight excluding hydrogens is 202 g/mol. The third kappa shape index (κ3) is 3.17. The first-order chi connectivity index (χ1) is 7.79. The van der Waals surface area contributed by atoms with Crippen molar-refractivity contribution in [3.05, 3.63) is 18.1 Å². The molecule has 0 saturated heterocycles. The zero-order chi connectivity index (χ0) is 11.4. The molecule has 1 aliphatic rings. The summed E-state index contributed by atoms with van der Waals surface area (Å²) in [6, 6.07) is 0.770. The van der Waals surface area contributed by atoms with Crippen LogP contribution in [0.3, 0.4) is 0 Å². The highest BCUT2D eigenvalue weighted by molar-refractivity contribution is 5.17. The molecule has 4 heteroatoms.